The van der Waals surface area contributed by atoms with Crippen LogP contribution in [0.1, 0.15) is 33.2 Å². The summed E-state index contributed by atoms with van der Waals surface area (Å²) in [5, 5.41) is 9.78. The van der Waals surface area contributed by atoms with Gasteiger partial charge in [-0.15, -0.1) is 0 Å². The largest absolute Gasteiger partial charge is 0.507 e. The molecule has 0 aliphatic carbocycles. The molecule has 2 aromatic carbocycles. The van der Waals surface area contributed by atoms with Crippen LogP contribution in [0, 0.1) is 0 Å². The van der Waals surface area contributed by atoms with Crippen molar-refractivity contribution in [3.05, 3.63) is 59.2 Å². The number of ether oxygens (including phenoxy) is 1. The van der Waals surface area contributed by atoms with E-state index in [1.54, 1.807) is 18.2 Å². The fourth-order valence-corrected chi connectivity index (χ4v) is 1.98. The van der Waals surface area contributed by atoms with E-state index in [4.69, 9.17) is 4.74 Å². The third-order valence-corrected chi connectivity index (χ3v) is 3.36. The summed E-state index contributed by atoms with van der Waals surface area (Å²) in [6.07, 6.45) is 0.884. The van der Waals surface area contributed by atoms with Crippen LogP contribution in [-0.4, -0.2) is 24.0 Å². The van der Waals surface area contributed by atoms with Gasteiger partial charge in [0.15, 0.2) is 0 Å². The molecular formula is C17H18N2O4. The van der Waals surface area contributed by atoms with Crippen molar-refractivity contribution >= 4 is 11.8 Å². The van der Waals surface area contributed by atoms with E-state index in [1.807, 2.05) is 19.1 Å². The van der Waals surface area contributed by atoms with Gasteiger partial charge in [-0.3, -0.25) is 20.4 Å². The highest BCUT2D eigenvalue weighted by molar-refractivity contribution is 6.00. The number of aryl methyl sites for hydroxylation is 1. The molecule has 0 saturated heterocycles. The lowest BCUT2D eigenvalue weighted by molar-refractivity contribution is 0.0845. The fraction of sp³-hybridized carbons (Fsp3) is 0.176. The monoisotopic (exact) mass is 314 g/mol. The summed E-state index contributed by atoms with van der Waals surface area (Å²) < 4.78 is 4.94. The van der Waals surface area contributed by atoms with Crippen molar-refractivity contribution in [1.29, 1.82) is 0 Å². The van der Waals surface area contributed by atoms with Crippen LogP contribution in [-0.2, 0) is 6.42 Å². The Bertz CT molecular complexity index is 711. The summed E-state index contributed by atoms with van der Waals surface area (Å²) in [6, 6.07) is 11.3. The Morgan fingerprint density at radius 1 is 1.04 bits per heavy atom. The molecule has 0 unspecified atom stereocenters. The van der Waals surface area contributed by atoms with E-state index in [0.29, 0.717) is 11.3 Å². The van der Waals surface area contributed by atoms with Crippen molar-refractivity contribution in [3.8, 4) is 11.5 Å². The van der Waals surface area contributed by atoms with Crippen molar-refractivity contribution < 1.29 is 19.4 Å². The molecule has 0 bridgehead atoms. The van der Waals surface area contributed by atoms with Gasteiger partial charge in [0.1, 0.15) is 11.5 Å². The first-order valence-corrected chi connectivity index (χ1v) is 7.11. The standard InChI is InChI=1S/C17H18N2O4/c1-3-11-4-6-12(7-5-11)16(21)18-19-17(22)14-9-8-13(23-2)10-15(14)20/h4-10,20H,3H2,1-2H3,(H,18,21)(H,19,22). The predicted octanol–water partition coefficient (Wildman–Crippen LogP) is 2.04. The SMILES string of the molecule is CCc1ccc(C(=O)NNC(=O)c2ccc(OC)cc2O)cc1. The normalized spacial score (nSPS) is 10.0. The Hall–Kier alpha value is -3.02. The second-order valence-electron chi connectivity index (χ2n) is 4.84. The molecule has 0 aliphatic heterocycles. The molecular weight excluding hydrogens is 296 g/mol. The Morgan fingerprint density at radius 2 is 1.70 bits per heavy atom. The molecule has 0 spiro atoms. The molecule has 6 heteroatoms. The number of hydrogen-bond donors (Lipinski definition) is 3. The molecule has 2 aromatic rings. The quantitative estimate of drug-likeness (QED) is 0.754. The molecule has 2 rings (SSSR count). The van der Waals surface area contributed by atoms with E-state index in [9.17, 15) is 14.7 Å². The fourth-order valence-electron chi connectivity index (χ4n) is 1.98. The van der Waals surface area contributed by atoms with Crippen molar-refractivity contribution in [3.63, 3.8) is 0 Å². The lowest BCUT2D eigenvalue weighted by Gasteiger charge is -2.09. The number of aromatic hydroxyl groups is 1. The van der Waals surface area contributed by atoms with Gasteiger partial charge in [0, 0.05) is 11.6 Å². The van der Waals surface area contributed by atoms with Gasteiger partial charge in [-0.1, -0.05) is 19.1 Å². The van der Waals surface area contributed by atoms with Gasteiger partial charge in [-0.2, -0.15) is 0 Å². The van der Waals surface area contributed by atoms with E-state index < -0.39 is 11.8 Å². The highest BCUT2D eigenvalue weighted by Gasteiger charge is 2.13. The second-order valence-corrected chi connectivity index (χ2v) is 4.84. The number of hydrazine groups is 1. The zero-order valence-electron chi connectivity index (χ0n) is 12.9. The number of phenols is 1. The van der Waals surface area contributed by atoms with Gasteiger partial charge in [0.05, 0.1) is 12.7 Å². The Kier molecular flexibility index (Phi) is 5.19. The maximum Gasteiger partial charge on any atom is 0.273 e. The van der Waals surface area contributed by atoms with Crippen LogP contribution in [0.15, 0.2) is 42.5 Å². The summed E-state index contributed by atoms with van der Waals surface area (Å²) in [6.45, 7) is 2.02. The topological polar surface area (TPSA) is 87.7 Å². The first-order valence-electron chi connectivity index (χ1n) is 7.11. The van der Waals surface area contributed by atoms with Crippen LogP contribution >= 0.6 is 0 Å². The molecule has 0 aliphatic rings. The minimum atomic E-state index is -0.622. The van der Waals surface area contributed by atoms with E-state index in [-0.39, 0.29) is 11.3 Å². The Morgan fingerprint density at radius 3 is 2.26 bits per heavy atom. The first-order chi connectivity index (χ1) is 11.0. The van der Waals surface area contributed by atoms with Crippen LogP contribution in [0.5, 0.6) is 11.5 Å². The van der Waals surface area contributed by atoms with Gasteiger partial charge < -0.3 is 9.84 Å². The number of carbonyl (C=O) groups is 2. The number of amides is 2. The maximum atomic E-state index is 12.0. The average molecular weight is 314 g/mol. The van der Waals surface area contributed by atoms with E-state index >= 15 is 0 Å². The van der Waals surface area contributed by atoms with Gasteiger partial charge >= 0.3 is 0 Å². The molecule has 0 radical (unpaired) electrons. The minimum Gasteiger partial charge on any atom is -0.507 e. The number of phenolic OH excluding ortho intramolecular Hbond substituents is 1. The lowest BCUT2D eigenvalue weighted by Crippen LogP contribution is -2.41. The lowest BCUT2D eigenvalue weighted by atomic mass is 10.1. The van der Waals surface area contributed by atoms with Gasteiger partial charge in [-0.25, -0.2) is 0 Å². The van der Waals surface area contributed by atoms with E-state index in [2.05, 4.69) is 10.9 Å². The summed E-state index contributed by atoms with van der Waals surface area (Å²) >= 11 is 0. The molecule has 3 N–H and O–H groups in total. The summed E-state index contributed by atoms with van der Waals surface area (Å²) in [5.74, 6) is -0.861. The first kappa shape index (κ1) is 16.4. The van der Waals surface area contributed by atoms with E-state index in [1.165, 1.54) is 19.2 Å². The number of hydrogen-bond acceptors (Lipinski definition) is 4. The van der Waals surface area contributed by atoms with Crippen molar-refractivity contribution in [1.82, 2.24) is 10.9 Å². The maximum absolute atomic E-state index is 12.0. The van der Waals surface area contributed by atoms with Gasteiger partial charge in [0.2, 0.25) is 0 Å². The number of benzene rings is 2. The smallest absolute Gasteiger partial charge is 0.273 e. The van der Waals surface area contributed by atoms with Crippen molar-refractivity contribution in [2.45, 2.75) is 13.3 Å². The van der Waals surface area contributed by atoms with Gasteiger partial charge in [-0.05, 0) is 36.2 Å². The highest BCUT2D eigenvalue weighted by Crippen LogP contribution is 2.22. The minimum absolute atomic E-state index is 0.0347. The number of carbonyl (C=O) groups excluding carboxylic acids is 2. The summed E-state index contributed by atoms with van der Waals surface area (Å²) in [5.41, 5.74) is 6.16. The Balaban J connectivity index is 1.99. The number of methoxy groups -OCH3 is 1. The van der Waals surface area contributed by atoms with Crippen LogP contribution in [0.3, 0.4) is 0 Å². The molecule has 0 saturated carbocycles. The van der Waals surface area contributed by atoms with Crippen molar-refractivity contribution in [2.75, 3.05) is 7.11 Å². The van der Waals surface area contributed by atoms with Gasteiger partial charge in [0.25, 0.3) is 11.8 Å². The van der Waals surface area contributed by atoms with Crippen molar-refractivity contribution in [2.24, 2.45) is 0 Å². The third kappa shape index (κ3) is 4.00. The third-order valence-electron chi connectivity index (χ3n) is 3.36. The van der Waals surface area contributed by atoms with E-state index in [0.717, 1.165) is 12.0 Å². The number of nitrogens with one attached hydrogen (secondary N) is 2. The Labute approximate surface area is 134 Å². The highest BCUT2D eigenvalue weighted by atomic mass is 16.5. The second kappa shape index (κ2) is 7.31. The molecule has 2 amide bonds. The summed E-state index contributed by atoms with van der Waals surface area (Å²) in [7, 11) is 1.46. The van der Waals surface area contributed by atoms with Crippen LogP contribution in [0.4, 0.5) is 0 Å². The van der Waals surface area contributed by atoms with Crippen LogP contribution in [0.2, 0.25) is 0 Å². The molecule has 23 heavy (non-hydrogen) atoms. The zero-order chi connectivity index (χ0) is 16.8. The van der Waals surface area contributed by atoms with Crippen LogP contribution < -0.4 is 15.6 Å². The van der Waals surface area contributed by atoms with Crippen LogP contribution in [0.25, 0.3) is 0 Å². The molecule has 0 heterocycles. The molecule has 6 nitrogen and oxygen atoms in total. The molecule has 0 atom stereocenters. The average Bonchev–Trinajstić information content (AvgIpc) is 2.59. The predicted molar refractivity (Wildman–Crippen MR) is 85.4 cm³/mol. The molecule has 120 valence electrons. The molecule has 0 fully saturated rings. The summed E-state index contributed by atoms with van der Waals surface area (Å²) in [4.78, 5) is 23.9. The number of rotatable bonds is 4. The molecule has 0 aromatic heterocycles. The zero-order valence-corrected chi connectivity index (χ0v) is 12.9.